The maximum Gasteiger partial charge on any atom is 0.342 e. The molecular weight excluding hydrogens is 222 g/mol. The first kappa shape index (κ1) is 13.6. The third-order valence-corrected chi connectivity index (χ3v) is 2.67. The molecule has 94 valence electrons. The fourth-order valence-electron chi connectivity index (χ4n) is 1.56. The van der Waals surface area contributed by atoms with E-state index in [0.717, 1.165) is 0 Å². The molecule has 2 unspecified atom stereocenters. The third kappa shape index (κ3) is 2.82. The van der Waals surface area contributed by atoms with Crippen LogP contribution in [-0.2, 0) is 9.53 Å². The smallest absolute Gasteiger partial charge is 0.342 e. The predicted octanol–water partition coefficient (Wildman–Crippen LogP) is 0.320. The molecule has 0 aromatic heterocycles. The molecule has 0 spiro atoms. The number of aliphatic hydroxyl groups excluding tert-OH is 1. The fraction of sp³-hybridized carbons (Fsp3) is 0.417. The second-order valence-corrected chi connectivity index (χ2v) is 3.69. The van der Waals surface area contributed by atoms with Crippen LogP contribution in [0.15, 0.2) is 30.3 Å². The van der Waals surface area contributed by atoms with Crippen LogP contribution in [0.25, 0.3) is 0 Å². The average Bonchev–Trinajstić information content (AvgIpc) is 2.38. The second kappa shape index (κ2) is 5.77. The summed E-state index contributed by atoms with van der Waals surface area (Å²) in [6.07, 6.45) is -1.31. The molecule has 5 heteroatoms. The Hall–Kier alpha value is -1.43. The van der Waals surface area contributed by atoms with Crippen LogP contribution in [0, 0.1) is 0 Å². The SMILES string of the molecule is CCC(O)(C(=O)OCN)C(O)c1ccccc1. The Morgan fingerprint density at radius 3 is 2.53 bits per heavy atom. The summed E-state index contributed by atoms with van der Waals surface area (Å²) in [6.45, 7) is 1.26. The van der Waals surface area contributed by atoms with Crippen LogP contribution >= 0.6 is 0 Å². The summed E-state index contributed by atoms with van der Waals surface area (Å²) >= 11 is 0. The summed E-state index contributed by atoms with van der Waals surface area (Å²) in [7, 11) is 0. The normalized spacial score (nSPS) is 16.0. The van der Waals surface area contributed by atoms with Gasteiger partial charge in [-0.25, -0.2) is 4.79 Å². The van der Waals surface area contributed by atoms with Gasteiger partial charge in [-0.1, -0.05) is 37.3 Å². The Labute approximate surface area is 99.8 Å². The van der Waals surface area contributed by atoms with Gasteiger partial charge in [0.25, 0.3) is 0 Å². The molecule has 0 fully saturated rings. The molecule has 2 atom stereocenters. The minimum absolute atomic E-state index is 0.0297. The second-order valence-electron chi connectivity index (χ2n) is 3.69. The van der Waals surface area contributed by atoms with Gasteiger partial charge in [0, 0.05) is 0 Å². The molecular formula is C12H17NO4. The zero-order valence-corrected chi connectivity index (χ0v) is 9.67. The maximum absolute atomic E-state index is 11.6. The first-order valence-corrected chi connectivity index (χ1v) is 5.39. The van der Waals surface area contributed by atoms with Crippen molar-refractivity contribution < 1.29 is 19.7 Å². The summed E-state index contributed by atoms with van der Waals surface area (Å²) in [4.78, 5) is 11.6. The van der Waals surface area contributed by atoms with Gasteiger partial charge in [-0.15, -0.1) is 0 Å². The lowest BCUT2D eigenvalue weighted by Gasteiger charge is -2.29. The topological polar surface area (TPSA) is 92.8 Å². The van der Waals surface area contributed by atoms with E-state index in [2.05, 4.69) is 4.74 Å². The lowest BCUT2D eigenvalue weighted by atomic mass is 9.89. The van der Waals surface area contributed by atoms with Gasteiger partial charge < -0.3 is 14.9 Å². The minimum atomic E-state index is -1.97. The molecule has 0 saturated carbocycles. The Morgan fingerprint density at radius 2 is 2.06 bits per heavy atom. The van der Waals surface area contributed by atoms with Crippen molar-refractivity contribution in [3.05, 3.63) is 35.9 Å². The molecule has 5 nitrogen and oxygen atoms in total. The zero-order valence-electron chi connectivity index (χ0n) is 9.67. The van der Waals surface area contributed by atoms with Crippen LogP contribution < -0.4 is 5.73 Å². The number of hydrogen-bond acceptors (Lipinski definition) is 5. The quantitative estimate of drug-likeness (QED) is 0.508. The van der Waals surface area contributed by atoms with Crippen molar-refractivity contribution in [2.75, 3.05) is 6.73 Å². The van der Waals surface area contributed by atoms with E-state index in [1.54, 1.807) is 37.3 Å². The monoisotopic (exact) mass is 239 g/mol. The van der Waals surface area contributed by atoms with E-state index in [9.17, 15) is 15.0 Å². The number of ether oxygens (including phenoxy) is 1. The molecule has 4 N–H and O–H groups in total. The van der Waals surface area contributed by atoms with E-state index >= 15 is 0 Å². The van der Waals surface area contributed by atoms with Crippen LogP contribution in [0.4, 0.5) is 0 Å². The zero-order chi connectivity index (χ0) is 12.9. The standard InChI is InChI=1S/C12H17NO4/c1-2-12(16,11(15)17-8-13)10(14)9-6-4-3-5-7-9/h3-7,10,14,16H,2,8,13H2,1H3. The molecule has 0 radical (unpaired) electrons. The van der Waals surface area contributed by atoms with E-state index in [4.69, 9.17) is 5.73 Å². The molecule has 17 heavy (non-hydrogen) atoms. The molecule has 1 aromatic carbocycles. The van der Waals surface area contributed by atoms with Crippen LogP contribution in [0.2, 0.25) is 0 Å². The van der Waals surface area contributed by atoms with Gasteiger partial charge in [0.1, 0.15) is 12.8 Å². The Balaban J connectivity index is 2.97. The molecule has 0 aliphatic heterocycles. The van der Waals surface area contributed by atoms with Gasteiger partial charge in [0.15, 0.2) is 5.60 Å². The number of benzene rings is 1. The molecule has 0 bridgehead atoms. The van der Waals surface area contributed by atoms with Crippen molar-refractivity contribution in [1.29, 1.82) is 0 Å². The molecule has 1 aromatic rings. The number of rotatable bonds is 5. The highest BCUT2D eigenvalue weighted by atomic mass is 16.6. The van der Waals surface area contributed by atoms with Gasteiger partial charge in [-0.05, 0) is 12.0 Å². The summed E-state index contributed by atoms with van der Waals surface area (Å²) in [6, 6.07) is 8.45. The number of esters is 1. The Morgan fingerprint density at radius 1 is 1.47 bits per heavy atom. The number of carbonyl (C=O) groups is 1. The van der Waals surface area contributed by atoms with Gasteiger partial charge >= 0.3 is 5.97 Å². The Kier molecular flexibility index (Phi) is 4.62. The highest BCUT2D eigenvalue weighted by Gasteiger charge is 2.43. The fourth-order valence-corrected chi connectivity index (χ4v) is 1.56. The van der Waals surface area contributed by atoms with Crippen LogP contribution in [0.1, 0.15) is 25.0 Å². The first-order valence-electron chi connectivity index (χ1n) is 5.39. The van der Waals surface area contributed by atoms with Crippen molar-refractivity contribution in [1.82, 2.24) is 0 Å². The lowest BCUT2D eigenvalue weighted by molar-refractivity contribution is -0.179. The van der Waals surface area contributed by atoms with Crippen molar-refractivity contribution in [3.63, 3.8) is 0 Å². The van der Waals surface area contributed by atoms with Gasteiger partial charge in [-0.2, -0.15) is 0 Å². The maximum atomic E-state index is 11.6. The summed E-state index contributed by atoms with van der Waals surface area (Å²) in [5.74, 6) is -0.918. The molecule has 0 saturated heterocycles. The van der Waals surface area contributed by atoms with Crippen LogP contribution in [0.3, 0.4) is 0 Å². The van der Waals surface area contributed by atoms with Gasteiger partial charge in [-0.3, -0.25) is 5.73 Å². The predicted molar refractivity (Wildman–Crippen MR) is 61.8 cm³/mol. The van der Waals surface area contributed by atoms with E-state index in [0.29, 0.717) is 5.56 Å². The lowest BCUT2D eigenvalue weighted by Crippen LogP contribution is -2.46. The first-order chi connectivity index (χ1) is 8.06. The van der Waals surface area contributed by atoms with E-state index in [1.807, 2.05) is 0 Å². The molecule has 0 heterocycles. The minimum Gasteiger partial charge on any atom is -0.448 e. The summed E-state index contributed by atoms with van der Waals surface area (Å²) in [5, 5.41) is 20.2. The number of nitrogens with two attached hydrogens (primary N) is 1. The number of hydrogen-bond donors (Lipinski definition) is 3. The van der Waals surface area contributed by atoms with Gasteiger partial charge in [0.2, 0.25) is 0 Å². The highest BCUT2D eigenvalue weighted by Crippen LogP contribution is 2.29. The van der Waals surface area contributed by atoms with Gasteiger partial charge in [0.05, 0.1) is 0 Å². The van der Waals surface area contributed by atoms with Crippen molar-refractivity contribution >= 4 is 5.97 Å². The van der Waals surface area contributed by atoms with Crippen molar-refractivity contribution in [3.8, 4) is 0 Å². The highest BCUT2D eigenvalue weighted by molar-refractivity contribution is 5.80. The van der Waals surface area contributed by atoms with E-state index in [1.165, 1.54) is 0 Å². The molecule has 0 amide bonds. The van der Waals surface area contributed by atoms with Crippen molar-refractivity contribution in [2.45, 2.75) is 25.0 Å². The molecule has 0 aliphatic carbocycles. The average molecular weight is 239 g/mol. The van der Waals surface area contributed by atoms with Crippen LogP contribution in [-0.4, -0.2) is 28.5 Å². The summed E-state index contributed by atoms with van der Waals surface area (Å²) < 4.78 is 4.57. The number of aliphatic hydroxyl groups is 2. The Bertz CT molecular complexity index is 368. The molecule has 0 aliphatic rings. The summed E-state index contributed by atoms with van der Waals surface area (Å²) in [5.41, 5.74) is 3.56. The van der Waals surface area contributed by atoms with E-state index in [-0.39, 0.29) is 13.2 Å². The van der Waals surface area contributed by atoms with Crippen LogP contribution in [0.5, 0.6) is 0 Å². The van der Waals surface area contributed by atoms with E-state index < -0.39 is 17.7 Å². The molecule has 1 rings (SSSR count). The third-order valence-electron chi connectivity index (χ3n) is 2.67. The van der Waals surface area contributed by atoms with Crippen molar-refractivity contribution in [2.24, 2.45) is 5.73 Å². The number of carbonyl (C=O) groups excluding carboxylic acids is 1. The largest absolute Gasteiger partial charge is 0.448 e.